The van der Waals surface area contributed by atoms with Gasteiger partial charge in [0.1, 0.15) is 5.75 Å². The van der Waals surface area contributed by atoms with Gasteiger partial charge in [0, 0.05) is 16.8 Å². The van der Waals surface area contributed by atoms with Crippen molar-refractivity contribution in [2.24, 2.45) is 5.10 Å². The molecule has 1 amide bonds. The second kappa shape index (κ2) is 11.4. The zero-order valence-corrected chi connectivity index (χ0v) is 19.5. The van der Waals surface area contributed by atoms with Crippen molar-refractivity contribution in [3.05, 3.63) is 90.5 Å². The Kier molecular flexibility index (Phi) is 7.84. The quantitative estimate of drug-likeness (QED) is 0.198. The van der Waals surface area contributed by atoms with Crippen LogP contribution in [0.4, 0.5) is 8.78 Å². The maximum absolute atomic E-state index is 12.7. The average molecular weight is 494 g/mol. The Morgan fingerprint density at radius 1 is 1.00 bits per heavy atom. The van der Waals surface area contributed by atoms with Gasteiger partial charge in [-0.2, -0.15) is 13.9 Å². The van der Waals surface area contributed by atoms with Crippen LogP contribution in [0.2, 0.25) is 0 Å². The molecule has 0 atom stereocenters. The second-order valence-corrected chi connectivity index (χ2v) is 8.18. The third kappa shape index (κ3) is 6.10. The molecule has 3 aromatic carbocycles. The van der Waals surface area contributed by atoms with E-state index in [0.29, 0.717) is 22.3 Å². The van der Waals surface area contributed by atoms with Crippen LogP contribution in [0.5, 0.6) is 5.75 Å². The van der Waals surface area contributed by atoms with Crippen molar-refractivity contribution in [1.29, 1.82) is 0 Å². The van der Waals surface area contributed by atoms with Crippen molar-refractivity contribution in [2.45, 2.75) is 18.7 Å². The molecule has 0 aliphatic carbocycles. The fraction of sp³-hybridized carbons (Fsp3) is 0.120. The van der Waals surface area contributed by atoms with Gasteiger partial charge in [0.25, 0.3) is 5.91 Å². The molecule has 0 saturated carbocycles. The number of hydrogen-bond acceptors (Lipinski definition) is 6. The first-order chi connectivity index (χ1) is 17.0. The van der Waals surface area contributed by atoms with Crippen LogP contribution >= 0.6 is 11.8 Å². The number of nitrogens with one attached hydrogen (secondary N) is 1. The number of carbonyl (C=O) groups excluding carboxylic acids is 1. The van der Waals surface area contributed by atoms with E-state index in [0.717, 1.165) is 11.3 Å². The molecular weight excluding hydrogens is 472 g/mol. The predicted molar refractivity (Wildman–Crippen MR) is 131 cm³/mol. The predicted octanol–water partition coefficient (Wildman–Crippen LogP) is 5.17. The maximum atomic E-state index is 12.7. The van der Waals surface area contributed by atoms with Gasteiger partial charge in [0.2, 0.25) is 0 Å². The molecule has 0 radical (unpaired) electrons. The normalized spacial score (nSPS) is 11.5. The summed E-state index contributed by atoms with van der Waals surface area (Å²) in [7, 11) is 0. The molecule has 178 valence electrons. The van der Waals surface area contributed by atoms with E-state index in [1.54, 1.807) is 25.1 Å². The highest BCUT2D eigenvalue weighted by atomic mass is 32.2. The lowest BCUT2D eigenvalue weighted by Crippen LogP contribution is -2.21. The van der Waals surface area contributed by atoms with Crippen molar-refractivity contribution in [1.82, 2.24) is 20.2 Å². The minimum Gasteiger partial charge on any atom is -0.434 e. The maximum Gasteiger partial charge on any atom is 0.387 e. The summed E-state index contributed by atoms with van der Waals surface area (Å²) in [5.41, 5.74) is 4.91. The van der Waals surface area contributed by atoms with Crippen molar-refractivity contribution in [3.63, 3.8) is 0 Å². The summed E-state index contributed by atoms with van der Waals surface area (Å²) < 4.78 is 31.7. The van der Waals surface area contributed by atoms with Crippen LogP contribution in [-0.4, -0.2) is 38.7 Å². The van der Waals surface area contributed by atoms with Crippen LogP contribution in [0, 0.1) is 0 Å². The fourth-order valence-corrected chi connectivity index (χ4v) is 4.02. The van der Waals surface area contributed by atoms with E-state index in [9.17, 15) is 13.6 Å². The molecule has 0 aliphatic rings. The molecule has 0 spiro atoms. The summed E-state index contributed by atoms with van der Waals surface area (Å²) in [4.78, 5) is 12.5. The van der Waals surface area contributed by atoms with Crippen molar-refractivity contribution in [2.75, 3.05) is 5.75 Å². The van der Waals surface area contributed by atoms with Gasteiger partial charge >= 0.3 is 6.61 Å². The minimum absolute atomic E-state index is 0.0169. The number of aromatic nitrogens is 3. The zero-order chi connectivity index (χ0) is 24.6. The van der Waals surface area contributed by atoms with Gasteiger partial charge in [0.15, 0.2) is 11.0 Å². The van der Waals surface area contributed by atoms with Crippen LogP contribution in [0.3, 0.4) is 0 Å². The van der Waals surface area contributed by atoms with Gasteiger partial charge in [-0.05, 0) is 31.2 Å². The number of benzene rings is 3. The highest BCUT2D eigenvalue weighted by molar-refractivity contribution is 7.99. The lowest BCUT2D eigenvalue weighted by molar-refractivity contribution is -0.118. The summed E-state index contributed by atoms with van der Waals surface area (Å²) >= 11 is 1.21. The van der Waals surface area contributed by atoms with E-state index in [-0.39, 0.29) is 17.4 Å². The molecular formula is C25H21F2N5O2S. The molecule has 0 fully saturated rings. The van der Waals surface area contributed by atoms with E-state index >= 15 is 0 Å². The number of hydrogen-bond donors (Lipinski definition) is 1. The Morgan fingerprint density at radius 3 is 2.37 bits per heavy atom. The van der Waals surface area contributed by atoms with E-state index < -0.39 is 6.61 Å². The number of amides is 1. The molecule has 1 heterocycles. The molecule has 0 bridgehead atoms. The van der Waals surface area contributed by atoms with E-state index in [2.05, 4.69) is 25.5 Å². The van der Waals surface area contributed by atoms with Crippen LogP contribution < -0.4 is 10.2 Å². The highest BCUT2D eigenvalue weighted by Crippen LogP contribution is 2.27. The number of hydrazone groups is 1. The van der Waals surface area contributed by atoms with Gasteiger partial charge in [-0.15, -0.1) is 10.2 Å². The first kappa shape index (κ1) is 24.1. The molecule has 0 unspecified atom stereocenters. The largest absolute Gasteiger partial charge is 0.434 e. The van der Waals surface area contributed by atoms with Crippen LogP contribution in [0.15, 0.2) is 95.2 Å². The molecule has 4 rings (SSSR count). The van der Waals surface area contributed by atoms with Gasteiger partial charge in [-0.3, -0.25) is 9.36 Å². The van der Waals surface area contributed by atoms with Crippen molar-refractivity contribution >= 4 is 23.4 Å². The summed E-state index contributed by atoms with van der Waals surface area (Å²) in [6.45, 7) is -1.36. The summed E-state index contributed by atoms with van der Waals surface area (Å²) in [5.74, 6) is 0.276. The van der Waals surface area contributed by atoms with Crippen LogP contribution in [-0.2, 0) is 4.79 Å². The van der Waals surface area contributed by atoms with Crippen LogP contribution in [0.1, 0.15) is 12.5 Å². The Labute approximate surface area is 204 Å². The molecule has 0 aliphatic heterocycles. The number of rotatable bonds is 9. The SMILES string of the molecule is C/C(=N/NC(=O)CSc1nnc(-c2ccccc2)n1-c1ccccc1)c1ccccc1OC(F)F. The van der Waals surface area contributed by atoms with Crippen LogP contribution in [0.25, 0.3) is 17.1 Å². The zero-order valence-electron chi connectivity index (χ0n) is 18.6. The van der Waals surface area contributed by atoms with E-state index in [1.807, 2.05) is 65.2 Å². The van der Waals surface area contributed by atoms with E-state index in [1.165, 1.54) is 17.8 Å². The first-order valence-electron chi connectivity index (χ1n) is 10.6. The summed E-state index contributed by atoms with van der Waals surface area (Å²) in [5, 5.41) is 13.2. The lowest BCUT2D eigenvalue weighted by atomic mass is 10.1. The first-order valence-corrected chi connectivity index (χ1v) is 11.6. The Hall–Kier alpha value is -4.05. The smallest absolute Gasteiger partial charge is 0.387 e. The van der Waals surface area contributed by atoms with Crippen molar-refractivity contribution in [3.8, 4) is 22.8 Å². The standard InChI is InChI=1S/C25H21F2N5O2S/c1-17(20-14-8-9-15-21(20)34-24(26)27)28-29-22(33)16-35-25-31-30-23(18-10-4-2-5-11-18)32(25)19-12-6-3-7-13-19/h2-15,24H,16H2,1H3,(H,29,33)/b28-17-. The summed E-state index contributed by atoms with van der Waals surface area (Å²) in [6, 6.07) is 25.5. The minimum atomic E-state index is -2.96. The molecule has 4 aromatic rings. The lowest BCUT2D eigenvalue weighted by Gasteiger charge is -2.11. The number of thioether (sulfide) groups is 1. The monoisotopic (exact) mass is 493 g/mol. The average Bonchev–Trinajstić information content (AvgIpc) is 3.31. The summed E-state index contributed by atoms with van der Waals surface area (Å²) in [6.07, 6.45) is 0. The molecule has 1 N–H and O–H groups in total. The Morgan fingerprint density at radius 2 is 1.66 bits per heavy atom. The van der Waals surface area contributed by atoms with Gasteiger partial charge < -0.3 is 4.74 Å². The van der Waals surface area contributed by atoms with Gasteiger partial charge in [-0.25, -0.2) is 5.43 Å². The fourth-order valence-electron chi connectivity index (χ4n) is 3.28. The number of para-hydroxylation sites is 2. The third-order valence-electron chi connectivity index (χ3n) is 4.85. The third-order valence-corrected chi connectivity index (χ3v) is 5.78. The Bertz CT molecular complexity index is 1310. The number of nitrogens with zero attached hydrogens (tertiary/aromatic N) is 4. The number of ether oxygens (including phenoxy) is 1. The molecule has 7 nitrogen and oxygen atoms in total. The highest BCUT2D eigenvalue weighted by Gasteiger charge is 2.17. The molecule has 0 saturated heterocycles. The second-order valence-electron chi connectivity index (χ2n) is 7.24. The van der Waals surface area contributed by atoms with Gasteiger partial charge in [0.05, 0.1) is 11.5 Å². The molecule has 35 heavy (non-hydrogen) atoms. The molecule has 1 aromatic heterocycles. The molecule has 10 heteroatoms. The number of halogens is 2. The number of alkyl halides is 2. The topological polar surface area (TPSA) is 81.4 Å². The van der Waals surface area contributed by atoms with Crippen molar-refractivity contribution < 1.29 is 18.3 Å². The van der Waals surface area contributed by atoms with Gasteiger partial charge in [-0.1, -0.05) is 72.4 Å². The van der Waals surface area contributed by atoms with E-state index in [4.69, 9.17) is 0 Å². The number of carbonyl (C=O) groups is 1. The Balaban J connectivity index is 1.49.